The summed E-state index contributed by atoms with van der Waals surface area (Å²) in [6, 6.07) is 2.88. The molecule has 0 aromatic carbocycles. The van der Waals surface area contributed by atoms with E-state index in [0.29, 0.717) is 0 Å². The van der Waals surface area contributed by atoms with Crippen LogP contribution in [-0.4, -0.2) is 18.1 Å². The highest BCUT2D eigenvalue weighted by Gasteiger charge is 2.20. The quantitative estimate of drug-likeness (QED) is 0.813. The average molecular weight is 255 g/mol. The van der Waals surface area contributed by atoms with Gasteiger partial charge in [-0.25, -0.2) is 13.8 Å². The Labute approximate surface area is 102 Å². The number of ether oxygens (including phenoxy) is 1. The van der Waals surface area contributed by atoms with Crippen LogP contribution in [0.15, 0.2) is 6.07 Å². The lowest BCUT2D eigenvalue weighted by molar-refractivity contribution is -0.139. The molecule has 2 N–H and O–H groups in total. The summed E-state index contributed by atoms with van der Waals surface area (Å²) >= 11 is 0. The van der Waals surface area contributed by atoms with Gasteiger partial charge in [0.2, 0.25) is 0 Å². The third-order valence-corrected chi connectivity index (χ3v) is 2.29. The fraction of sp³-hybridized carbons (Fsp3) is 0.364. The maximum atomic E-state index is 12.8. The Morgan fingerprint density at radius 1 is 1.67 bits per heavy atom. The molecule has 5 nitrogen and oxygen atoms in total. The van der Waals surface area contributed by atoms with E-state index in [-0.39, 0.29) is 24.2 Å². The van der Waals surface area contributed by atoms with Gasteiger partial charge < -0.3 is 10.5 Å². The maximum absolute atomic E-state index is 12.8. The van der Waals surface area contributed by atoms with E-state index >= 15 is 0 Å². The third-order valence-electron chi connectivity index (χ3n) is 2.29. The van der Waals surface area contributed by atoms with Gasteiger partial charge in [-0.2, -0.15) is 5.26 Å². The van der Waals surface area contributed by atoms with Crippen molar-refractivity contribution in [1.29, 1.82) is 5.26 Å². The summed E-state index contributed by atoms with van der Waals surface area (Å²) in [4.78, 5) is 14.8. The Morgan fingerprint density at radius 2 is 2.33 bits per heavy atom. The van der Waals surface area contributed by atoms with E-state index in [9.17, 15) is 13.6 Å². The van der Waals surface area contributed by atoms with Crippen LogP contribution in [0.1, 0.15) is 28.9 Å². The number of carbonyl (C=O) groups excluding carboxylic acids is 1. The lowest BCUT2D eigenvalue weighted by atomic mass is 10.0. The molecule has 0 bridgehead atoms. The molecule has 0 unspecified atom stereocenters. The zero-order valence-electron chi connectivity index (χ0n) is 9.61. The largest absolute Gasteiger partial charge is 0.469 e. The predicted molar refractivity (Wildman–Crippen MR) is 57.5 cm³/mol. The molecule has 0 saturated carbocycles. The monoisotopic (exact) mass is 255 g/mol. The number of rotatable bonds is 4. The number of hydrogen-bond donors (Lipinski definition) is 1. The number of nitriles is 1. The van der Waals surface area contributed by atoms with E-state index in [1.165, 1.54) is 13.2 Å². The van der Waals surface area contributed by atoms with Gasteiger partial charge in [0.25, 0.3) is 6.43 Å². The summed E-state index contributed by atoms with van der Waals surface area (Å²) in [5.74, 6) is -0.570. The van der Waals surface area contributed by atoms with Crippen molar-refractivity contribution in [2.24, 2.45) is 5.73 Å². The molecule has 1 rings (SSSR count). The highest BCUT2D eigenvalue weighted by atomic mass is 19.3. The van der Waals surface area contributed by atoms with Crippen LogP contribution in [0.2, 0.25) is 0 Å². The molecule has 1 aromatic rings. The molecule has 7 heteroatoms. The minimum Gasteiger partial charge on any atom is -0.469 e. The van der Waals surface area contributed by atoms with E-state index in [2.05, 4.69) is 9.72 Å². The Bertz CT molecular complexity index is 498. The van der Waals surface area contributed by atoms with E-state index in [0.717, 1.165) is 0 Å². The standard InChI is InChI=1S/C11H11F2N3O2/c1-18-9(17)3-7-2-6(4-14)10(11(12)13)8(5-15)16-7/h2,11H,3-4,14H2,1H3. The number of nitrogens with zero attached hydrogens (tertiary/aromatic N) is 2. The Kier molecular flexibility index (Phi) is 4.68. The summed E-state index contributed by atoms with van der Waals surface area (Å²) in [6.07, 6.45) is -3.03. The van der Waals surface area contributed by atoms with Gasteiger partial charge in [-0.1, -0.05) is 0 Å². The molecule has 18 heavy (non-hydrogen) atoms. The molecule has 0 amide bonds. The first kappa shape index (κ1) is 14.0. The summed E-state index contributed by atoms with van der Waals surface area (Å²) in [5, 5.41) is 8.80. The van der Waals surface area contributed by atoms with E-state index in [4.69, 9.17) is 11.0 Å². The van der Waals surface area contributed by atoms with Crippen LogP contribution in [0.25, 0.3) is 0 Å². The number of hydrogen-bond acceptors (Lipinski definition) is 5. The van der Waals surface area contributed by atoms with Gasteiger partial charge >= 0.3 is 5.97 Å². The van der Waals surface area contributed by atoms with Gasteiger partial charge in [0.15, 0.2) is 0 Å². The van der Waals surface area contributed by atoms with E-state index < -0.39 is 23.7 Å². The summed E-state index contributed by atoms with van der Waals surface area (Å²) < 4.78 is 30.0. The fourth-order valence-corrected chi connectivity index (χ4v) is 1.48. The van der Waals surface area contributed by atoms with Crippen LogP contribution in [0.3, 0.4) is 0 Å². The molecule has 0 saturated heterocycles. The van der Waals surface area contributed by atoms with Crippen molar-refractivity contribution < 1.29 is 18.3 Å². The number of methoxy groups -OCH3 is 1. The first-order chi connectivity index (χ1) is 8.53. The number of pyridine rings is 1. The molecule has 0 aliphatic heterocycles. The Morgan fingerprint density at radius 3 is 2.78 bits per heavy atom. The highest BCUT2D eigenvalue weighted by Crippen LogP contribution is 2.26. The van der Waals surface area contributed by atoms with Crippen molar-refractivity contribution in [2.75, 3.05) is 7.11 Å². The van der Waals surface area contributed by atoms with E-state index in [1.54, 1.807) is 6.07 Å². The van der Waals surface area contributed by atoms with Crippen molar-refractivity contribution in [3.05, 3.63) is 28.6 Å². The van der Waals surface area contributed by atoms with Crippen molar-refractivity contribution >= 4 is 5.97 Å². The van der Waals surface area contributed by atoms with Crippen LogP contribution in [0.5, 0.6) is 0 Å². The smallest absolute Gasteiger partial charge is 0.311 e. The summed E-state index contributed by atoms with van der Waals surface area (Å²) in [7, 11) is 1.20. The normalized spacial score (nSPS) is 10.2. The molecular weight excluding hydrogens is 244 g/mol. The molecule has 0 aliphatic carbocycles. The summed E-state index contributed by atoms with van der Waals surface area (Å²) in [6.45, 7) is -0.162. The van der Waals surface area contributed by atoms with Gasteiger partial charge in [0.05, 0.1) is 24.8 Å². The number of alkyl halides is 2. The molecular formula is C11H11F2N3O2. The zero-order valence-corrected chi connectivity index (χ0v) is 9.61. The second-order valence-electron chi connectivity index (χ2n) is 3.40. The Hall–Kier alpha value is -2.07. The first-order valence-corrected chi connectivity index (χ1v) is 5.01. The Balaban J connectivity index is 3.27. The second kappa shape index (κ2) is 6.02. The lowest BCUT2D eigenvalue weighted by Gasteiger charge is -2.10. The predicted octanol–water partition coefficient (Wildman–Crippen LogP) is 1.07. The van der Waals surface area contributed by atoms with Crippen molar-refractivity contribution in [3.63, 3.8) is 0 Å². The second-order valence-corrected chi connectivity index (χ2v) is 3.40. The van der Waals surface area contributed by atoms with Crippen molar-refractivity contribution in [3.8, 4) is 6.07 Å². The topological polar surface area (TPSA) is 89.0 Å². The van der Waals surface area contributed by atoms with E-state index in [1.807, 2.05) is 0 Å². The summed E-state index contributed by atoms with van der Waals surface area (Å²) in [5.41, 5.74) is 4.76. The van der Waals surface area contributed by atoms with Gasteiger partial charge in [0, 0.05) is 6.54 Å². The number of nitrogens with two attached hydrogens (primary N) is 1. The van der Waals surface area contributed by atoms with Gasteiger partial charge in [0.1, 0.15) is 11.8 Å². The maximum Gasteiger partial charge on any atom is 0.311 e. The molecule has 0 fully saturated rings. The van der Waals surface area contributed by atoms with Crippen molar-refractivity contribution in [1.82, 2.24) is 4.98 Å². The minimum atomic E-state index is -2.84. The third kappa shape index (κ3) is 2.99. The number of halogens is 2. The zero-order chi connectivity index (χ0) is 13.7. The molecule has 1 aromatic heterocycles. The SMILES string of the molecule is COC(=O)Cc1cc(CN)c(C(F)F)c(C#N)n1. The fourth-order valence-electron chi connectivity index (χ4n) is 1.48. The van der Waals surface area contributed by atoms with Crippen LogP contribution in [0.4, 0.5) is 8.78 Å². The van der Waals surface area contributed by atoms with Gasteiger partial charge in [-0.3, -0.25) is 4.79 Å². The van der Waals surface area contributed by atoms with Gasteiger partial charge in [-0.15, -0.1) is 0 Å². The van der Waals surface area contributed by atoms with Crippen LogP contribution in [-0.2, 0) is 22.5 Å². The molecule has 0 atom stereocenters. The van der Waals surface area contributed by atoms with Crippen LogP contribution >= 0.6 is 0 Å². The minimum absolute atomic E-state index is 0.107. The van der Waals surface area contributed by atoms with Crippen LogP contribution in [0, 0.1) is 11.3 Å². The number of aromatic nitrogens is 1. The first-order valence-electron chi connectivity index (χ1n) is 5.01. The molecule has 1 heterocycles. The lowest BCUT2D eigenvalue weighted by Crippen LogP contribution is -2.12. The highest BCUT2D eigenvalue weighted by molar-refractivity contribution is 5.72. The molecule has 96 valence electrons. The molecule has 0 spiro atoms. The molecule has 0 radical (unpaired) electrons. The van der Waals surface area contributed by atoms with Crippen molar-refractivity contribution in [2.45, 2.75) is 19.4 Å². The number of carbonyl (C=O) groups is 1. The van der Waals surface area contributed by atoms with Crippen LogP contribution < -0.4 is 5.73 Å². The molecule has 0 aliphatic rings. The average Bonchev–Trinajstić information content (AvgIpc) is 2.36. The van der Waals surface area contributed by atoms with Gasteiger partial charge in [-0.05, 0) is 11.6 Å². The number of esters is 1.